The first kappa shape index (κ1) is 15.3. The average molecular weight is 288 g/mol. The van der Waals surface area contributed by atoms with Crippen LogP contribution in [0, 0.1) is 0 Å². The molecule has 4 nitrogen and oxygen atoms in total. The van der Waals surface area contributed by atoms with Crippen LogP contribution in [-0.2, 0) is 20.7 Å². The molecule has 0 aliphatic rings. The number of carbonyl (C=O) groups is 1. The first-order valence-electron chi connectivity index (χ1n) is 7.04. The van der Waals surface area contributed by atoms with Gasteiger partial charge in [0.2, 0.25) is 0 Å². The van der Waals surface area contributed by atoms with Crippen molar-refractivity contribution in [1.82, 2.24) is 0 Å². The van der Waals surface area contributed by atoms with E-state index >= 15 is 0 Å². The zero-order valence-corrected chi connectivity index (χ0v) is 12.4. The molecule has 0 fully saturated rings. The Bertz CT molecular complexity index is 602. The highest BCUT2D eigenvalue weighted by Gasteiger charge is 2.10. The molecular weight excluding hydrogens is 268 g/mol. The van der Waals surface area contributed by atoms with Crippen LogP contribution in [0.2, 0.25) is 0 Å². The topological polar surface area (TPSA) is 44.8 Å². The lowest BCUT2D eigenvalue weighted by Gasteiger charge is -2.12. The lowest BCUT2D eigenvalue weighted by Crippen LogP contribution is -2.06. The Balaban J connectivity index is 2.27. The standard InChI is InChI=1S/C17H20O4/c1-3-20-16(18)11-10-14-7-4-6-13-8-5-9-15(17(13)14)21-12-19-2/h4-9H,3,10-12H2,1-2H3. The minimum absolute atomic E-state index is 0.176. The van der Waals surface area contributed by atoms with E-state index in [0.29, 0.717) is 19.4 Å². The summed E-state index contributed by atoms with van der Waals surface area (Å²) in [6, 6.07) is 11.9. The van der Waals surface area contributed by atoms with Gasteiger partial charge in [-0.3, -0.25) is 4.79 Å². The summed E-state index contributed by atoms with van der Waals surface area (Å²) in [5.41, 5.74) is 1.08. The fourth-order valence-electron chi connectivity index (χ4n) is 2.30. The van der Waals surface area contributed by atoms with Crippen LogP contribution < -0.4 is 4.74 Å². The van der Waals surface area contributed by atoms with Crippen molar-refractivity contribution in [3.63, 3.8) is 0 Å². The van der Waals surface area contributed by atoms with Crippen molar-refractivity contribution in [3.05, 3.63) is 42.0 Å². The van der Waals surface area contributed by atoms with Gasteiger partial charge in [0.25, 0.3) is 0 Å². The summed E-state index contributed by atoms with van der Waals surface area (Å²) in [6.45, 7) is 2.43. The third-order valence-corrected chi connectivity index (χ3v) is 3.19. The molecule has 2 aromatic carbocycles. The number of esters is 1. The van der Waals surface area contributed by atoms with Crippen LogP contribution >= 0.6 is 0 Å². The molecule has 0 bridgehead atoms. The third kappa shape index (κ3) is 3.95. The maximum Gasteiger partial charge on any atom is 0.306 e. The number of carbonyl (C=O) groups excluding carboxylic acids is 1. The molecule has 0 unspecified atom stereocenters. The van der Waals surface area contributed by atoms with Gasteiger partial charge in [-0.25, -0.2) is 0 Å². The van der Waals surface area contributed by atoms with Crippen molar-refractivity contribution < 1.29 is 19.0 Å². The molecule has 0 saturated heterocycles. The summed E-state index contributed by atoms with van der Waals surface area (Å²) in [5.74, 6) is 0.596. The lowest BCUT2D eigenvalue weighted by molar-refractivity contribution is -0.143. The Morgan fingerprint density at radius 3 is 2.62 bits per heavy atom. The smallest absolute Gasteiger partial charge is 0.306 e. The van der Waals surface area contributed by atoms with Crippen molar-refractivity contribution in [2.45, 2.75) is 19.8 Å². The summed E-state index contributed by atoms with van der Waals surface area (Å²) >= 11 is 0. The van der Waals surface area contributed by atoms with E-state index in [0.717, 1.165) is 22.1 Å². The van der Waals surface area contributed by atoms with Gasteiger partial charge >= 0.3 is 5.97 Å². The normalized spacial score (nSPS) is 10.6. The molecule has 0 radical (unpaired) electrons. The molecule has 0 heterocycles. The third-order valence-electron chi connectivity index (χ3n) is 3.19. The SMILES string of the molecule is CCOC(=O)CCc1cccc2cccc(OCOC)c12. The van der Waals surface area contributed by atoms with E-state index in [1.807, 2.05) is 43.3 Å². The summed E-state index contributed by atoms with van der Waals surface area (Å²) in [4.78, 5) is 11.5. The Hall–Kier alpha value is -2.07. The Kier molecular flexibility index (Phi) is 5.58. The molecule has 0 N–H and O–H groups in total. The number of aryl methyl sites for hydroxylation is 1. The van der Waals surface area contributed by atoms with Gasteiger partial charge in [0.15, 0.2) is 6.79 Å². The molecule has 0 atom stereocenters. The number of fused-ring (bicyclic) bond motifs is 1. The van der Waals surface area contributed by atoms with E-state index in [1.54, 1.807) is 7.11 Å². The van der Waals surface area contributed by atoms with Gasteiger partial charge in [0, 0.05) is 18.9 Å². The average Bonchev–Trinajstić information content (AvgIpc) is 2.51. The van der Waals surface area contributed by atoms with Crippen LogP contribution in [-0.4, -0.2) is 26.5 Å². The van der Waals surface area contributed by atoms with Crippen LogP contribution in [0.15, 0.2) is 36.4 Å². The second kappa shape index (κ2) is 7.64. The number of ether oxygens (including phenoxy) is 3. The first-order chi connectivity index (χ1) is 10.3. The van der Waals surface area contributed by atoms with E-state index < -0.39 is 0 Å². The summed E-state index contributed by atoms with van der Waals surface area (Å²) in [6.07, 6.45) is 0.995. The molecule has 21 heavy (non-hydrogen) atoms. The van der Waals surface area contributed by atoms with Crippen molar-refractivity contribution in [3.8, 4) is 5.75 Å². The fraction of sp³-hybridized carbons (Fsp3) is 0.353. The Morgan fingerprint density at radius 1 is 1.14 bits per heavy atom. The quantitative estimate of drug-likeness (QED) is 0.579. The summed E-state index contributed by atoms with van der Waals surface area (Å²) < 4.78 is 15.6. The Morgan fingerprint density at radius 2 is 1.90 bits per heavy atom. The number of benzene rings is 2. The molecular formula is C17H20O4. The molecule has 112 valence electrons. The van der Waals surface area contributed by atoms with E-state index in [9.17, 15) is 4.79 Å². The van der Waals surface area contributed by atoms with Gasteiger partial charge in [0.05, 0.1) is 6.61 Å². The maximum absolute atomic E-state index is 11.5. The highest BCUT2D eigenvalue weighted by atomic mass is 16.7. The second-order valence-corrected chi connectivity index (χ2v) is 4.63. The van der Waals surface area contributed by atoms with Crippen LogP contribution in [0.3, 0.4) is 0 Å². The monoisotopic (exact) mass is 288 g/mol. The largest absolute Gasteiger partial charge is 0.467 e. The number of rotatable bonds is 7. The minimum Gasteiger partial charge on any atom is -0.467 e. The zero-order valence-electron chi connectivity index (χ0n) is 12.4. The van der Waals surface area contributed by atoms with Crippen LogP contribution in [0.4, 0.5) is 0 Å². The molecule has 0 amide bonds. The fourth-order valence-corrected chi connectivity index (χ4v) is 2.30. The molecule has 4 heteroatoms. The van der Waals surface area contributed by atoms with Gasteiger partial charge in [0.1, 0.15) is 5.75 Å². The minimum atomic E-state index is -0.176. The van der Waals surface area contributed by atoms with E-state index in [4.69, 9.17) is 14.2 Å². The van der Waals surface area contributed by atoms with Crippen molar-refractivity contribution in [2.75, 3.05) is 20.5 Å². The zero-order chi connectivity index (χ0) is 15.1. The van der Waals surface area contributed by atoms with Gasteiger partial charge < -0.3 is 14.2 Å². The van der Waals surface area contributed by atoms with Crippen molar-refractivity contribution in [2.24, 2.45) is 0 Å². The molecule has 0 spiro atoms. The van der Waals surface area contributed by atoms with Crippen molar-refractivity contribution in [1.29, 1.82) is 0 Å². The molecule has 0 aliphatic heterocycles. The van der Waals surface area contributed by atoms with Gasteiger partial charge in [-0.05, 0) is 30.4 Å². The van der Waals surface area contributed by atoms with Crippen LogP contribution in [0.1, 0.15) is 18.9 Å². The molecule has 0 aromatic heterocycles. The summed E-state index contributed by atoms with van der Waals surface area (Å²) in [7, 11) is 1.59. The first-order valence-corrected chi connectivity index (χ1v) is 7.04. The highest BCUT2D eigenvalue weighted by molar-refractivity contribution is 5.91. The molecule has 2 aromatic rings. The van der Waals surface area contributed by atoms with Crippen molar-refractivity contribution >= 4 is 16.7 Å². The van der Waals surface area contributed by atoms with Gasteiger partial charge in [-0.1, -0.05) is 30.3 Å². The predicted molar refractivity (Wildman–Crippen MR) is 81.4 cm³/mol. The molecule has 0 aliphatic carbocycles. The van der Waals surface area contributed by atoms with E-state index in [-0.39, 0.29) is 12.8 Å². The Labute approximate surface area is 124 Å². The second-order valence-electron chi connectivity index (χ2n) is 4.63. The number of methoxy groups -OCH3 is 1. The molecule has 0 saturated carbocycles. The lowest BCUT2D eigenvalue weighted by atomic mass is 10.00. The van der Waals surface area contributed by atoms with E-state index in [1.165, 1.54) is 0 Å². The van der Waals surface area contributed by atoms with E-state index in [2.05, 4.69) is 0 Å². The van der Waals surface area contributed by atoms with Gasteiger partial charge in [-0.15, -0.1) is 0 Å². The number of hydrogen-bond donors (Lipinski definition) is 0. The summed E-state index contributed by atoms with van der Waals surface area (Å²) in [5, 5.41) is 2.12. The maximum atomic E-state index is 11.5. The number of hydrogen-bond acceptors (Lipinski definition) is 4. The highest BCUT2D eigenvalue weighted by Crippen LogP contribution is 2.29. The van der Waals surface area contributed by atoms with Crippen LogP contribution in [0.25, 0.3) is 10.8 Å². The van der Waals surface area contributed by atoms with Gasteiger partial charge in [-0.2, -0.15) is 0 Å². The molecule has 2 rings (SSSR count). The van der Waals surface area contributed by atoms with Crippen LogP contribution in [0.5, 0.6) is 5.75 Å². The predicted octanol–water partition coefficient (Wildman–Crippen LogP) is 3.32.